The second-order valence-electron chi connectivity index (χ2n) is 9.03. The van der Waals surface area contributed by atoms with Crippen LogP contribution < -0.4 is 33.2 Å². The van der Waals surface area contributed by atoms with Crippen molar-refractivity contribution in [3.63, 3.8) is 0 Å². The normalized spacial score (nSPS) is 16.2. The van der Waals surface area contributed by atoms with Crippen molar-refractivity contribution in [1.29, 1.82) is 0 Å². The molecule has 12 nitrogen and oxygen atoms in total. The molecular weight excluding hydrogens is 456 g/mol. The van der Waals surface area contributed by atoms with Crippen LogP contribution in [0.3, 0.4) is 0 Å². The number of nitrogens with one attached hydrogen (secondary N) is 3. The minimum Gasteiger partial charge on any atom is -0.480 e. The molecule has 0 radical (unpaired) electrons. The SMILES string of the molecule is CCC(C)C(N)C(=O)NC(CCC(N)=O)C(=O)NC(C(=O)NC(CCCCN)C(=O)O)C(C)CC. The maximum Gasteiger partial charge on any atom is 0.326 e. The Balaban J connectivity index is 5.60. The maximum absolute atomic E-state index is 13.1. The average molecular weight is 501 g/mol. The Hall–Kier alpha value is -2.73. The number of rotatable bonds is 18. The summed E-state index contributed by atoms with van der Waals surface area (Å²) in [4.78, 5) is 61.5. The summed E-state index contributed by atoms with van der Waals surface area (Å²) in [6.07, 6.45) is 2.26. The molecule has 35 heavy (non-hydrogen) atoms. The predicted octanol–water partition coefficient (Wildman–Crippen LogP) is -0.661. The number of unbranched alkanes of at least 4 members (excludes halogenated alkanes) is 1. The van der Waals surface area contributed by atoms with Crippen LogP contribution in [0.4, 0.5) is 0 Å². The van der Waals surface area contributed by atoms with Gasteiger partial charge in [0, 0.05) is 6.42 Å². The van der Waals surface area contributed by atoms with Crippen molar-refractivity contribution in [2.24, 2.45) is 29.0 Å². The van der Waals surface area contributed by atoms with Gasteiger partial charge in [-0.05, 0) is 44.1 Å². The molecule has 12 heteroatoms. The van der Waals surface area contributed by atoms with Gasteiger partial charge in [-0.3, -0.25) is 19.2 Å². The summed E-state index contributed by atoms with van der Waals surface area (Å²) in [5.74, 6) is -4.21. The van der Waals surface area contributed by atoms with Gasteiger partial charge >= 0.3 is 5.97 Å². The van der Waals surface area contributed by atoms with Gasteiger partial charge in [-0.15, -0.1) is 0 Å². The number of aliphatic carboxylic acids is 1. The molecule has 202 valence electrons. The molecule has 0 aromatic rings. The predicted molar refractivity (Wildman–Crippen MR) is 132 cm³/mol. The van der Waals surface area contributed by atoms with Crippen LogP contribution in [-0.4, -0.2) is 65.4 Å². The number of hydrogen-bond donors (Lipinski definition) is 7. The summed E-state index contributed by atoms with van der Waals surface area (Å²) in [6.45, 7) is 7.66. The van der Waals surface area contributed by atoms with Gasteiger partial charge in [-0.1, -0.05) is 40.5 Å². The molecule has 0 fully saturated rings. The number of carboxylic acid groups (broad SMARTS) is 1. The molecule has 10 N–H and O–H groups in total. The van der Waals surface area contributed by atoms with Crippen LogP contribution in [0.2, 0.25) is 0 Å². The van der Waals surface area contributed by atoms with Gasteiger partial charge < -0.3 is 38.3 Å². The summed E-state index contributed by atoms with van der Waals surface area (Å²) >= 11 is 0. The highest BCUT2D eigenvalue weighted by atomic mass is 16.4. The first-order chi connectivity index (χ1) is 16.4. The minimum atomic E-state index is -1.18. The molecule has 0 rings (SSSR count). The molecule has 6 atom stereocenters. The van der Waals surface area contributed by atoms with E-state index in [1.165, 1.54) is 0 Å². The molecule has 0 saturated heterocycles. The van der Waals surface area contributed by atoms with E-state index in [1.807, 2.05) is 13.8 Å². The number of carboxylic acids is 1. The maximum atomic E-state index is 13.1. The zero-order chi connectivity index (χ0) is 27.1. The smallest absolute Gasteiger partial charge is 0.326 e. The number of hydrogen-bond acceptors (Lipinski definition) is 7. The lowest BCUT2D eigenvalue weighted by Crippen LogP contribution is -2.59. The van der Waals surface area contributed by atoms with E-state index in [2.05, 4.69) is 16.0 Å². The first-order valence-corrected chi connectivity index (χ1v) is 12.3. The van der Waals surface area contributed by atoms with Crippen LogP contribution in [0.1, 0.15) is 72.6 Å². The monoisotopic (exact) mass is 500 g/mol. The summed E-state index contributed by atoms with van der Waals surface area (Å²) in [5, 5.41) is 17.1. The number of primary amides is 1. The van der Waals surface area contributed by atoms with E-state index in [-0.39, 0.29) is 31.1 Å². The zero-order valence-electron chi connectivity index (χ0n) is 21.3. The number of carbonyl (C=O) groups excluding carboxylic acids is 4. The molecule has 4 amide bonds. The Labute approximate surface area is 207 Å². The van der Waals surface area contributed by atoms with Crippen molar-refractivity contribution < 1.29 is 29.1 Å². The molecule has 0 aromatic carbocycles. The highest BCUT2D eigenvalue weighted by molar-refractivity contribution is 5.94. The Kier molecular flexibility index (Phi) is 15.5. The fourth-order valence-corrected chi connectivity index (χ4v) is 3.30. The van der Waals surface area contributed by atoms with Gasteiger partial charge in [0.25, 0.3) is 0 Å². The van der Waals surface area contributed by atoms with E-state index in [0.29, 0.717) is 32.2 Å². The third kappa shape index (κ3) is 12.0. The van der Waals surface area contributed by atoms with Crippen molar-refractivity contribution in [1.82, 2.24) is 16.0 Å². The lowest BCUT2D eigenvalue weighted by atomic mass is 9.96. The number of nitrogens with two attached hydrogens (primary N) is 3. The van der Waals surface area contributed by atoms with Crippen LogP contribution in [0, 0.1) is 11.8 Å². The second kappa shape index (κ2) is 16.8. The third-order valence-electron chi connectivity index (χ3n) is 6.23. The first kappa shape index (κ1) is 32.3. The Morgan fingerprint density at radius 2 is 1.37 bits per heavy atom. The molecule has 0 bridgehead atoms. The van der Waals surface area contributed by atoms with Crippen molar-refractivity contribution in [2.75, 3.05) is 6.54 Å². The van der Waals surface area contributed by atoms with Gasteiger partial charge in [-0.25, -0.2) is 4.79 Å². The van der Waals surface area contributed by atoms with Crippen molar-refractivity contribution in [2.45, 2.75) is 96.8 Å². The van der Waals surface area contributed by atoms with E-state index in [9.17, 15) is 29.1 Å². The Morgan fingerprint density at radius 3 is 1.86 bits per heavy atom. The summed E-state index contributed by atoms with van der Waals surface area (Å²) in [6, 6.07) is -4.19. The molecule has 0 heterocycles. The van der Waals surface area contributed by atoms with Crippen molar-refractivity contribution in [3.8, 4) is 0 Å². The fraction of sp³-hybridized carbons (Fsp3) is 0.783. The Bertz CT molecular complexity index is 719. The summed E-state index contributed by atoms with van der Waals surface area (Å²) in [5.41, 5.74) is 16.6. The number of amides is 4. The summed E-state index contributed by atoms with van der Waals surface area (Å²) < 4.78 is 0. The van der Waals surface area contributed by atoms with E-state index in [0.717, 1.165) is 0 Å². The van der Waals surface area contributed by atoms with Gasteiger partial charge in [0.05, 0.1) is 6.04 Å². The van der Waals surface area contributed by atoms with E-state index < -0.39 is 53.8 Å². The van der Waals surface area contributed by atoms with Crippen LogP contribution in [0.25, 0.3) is 0 Å². The molecule has 0 aliphatic rings. The third-order valence-corrected chi connectivity index (χ3v) is 6.23. The second-order valence-corrected chi connectivity index (χ2v) is 9.03. The topological polar surface area (TPSA) is 220 Å². The van der Waals surface area contributed by atoms with E-state index in [1.54, 1.807) is 13.8 Å². The highest BCUT2D eigenvalue weighted by Gasteiger charge is 2.33. The van der Waals surface area contributed by atoms with Gasteiger partial charge in [-0.2, -0.15) is 0 Å². The highest BCUT2D eigenvalue weighted by Crippen LogP contribution is 2.12. The van der Waals surface area contributed by atoms with Crippen molar-refractivity contribution in [3.05, 3.63) is 0 Å². The molecular formula is C23H44N6O6. The lowest BCUT2D eigenvalue weighted by Gasteiger charge is -2.28. The van der Waals surface area contributed by atoms with Crippen LogP contribution in [-0.2, 0) is 24.0 Å². The lowest BCUT2D eigenvalue weighted by molar-refractivity contribution is -0.143. The van der Waals surface area contributed by atoms with Gasteiger partial charge in [0.15, 0.2) is 0 Å². The van der Waals surface area contributed by atoms with Crippen LogP contribution in [0.5, 0.6) is 0 Å². The quantitative estimate of drug-likeness (QED) is 0.119. The molecule has 0 aliphatic heterocycles. The largest absolute Gasteiger partial charge is 0.480 e. The van der Waals surface area contributed by atoms with Crippen molar-refractivity contribution >= 4 is 29.6 Å². The molecule has 6 unspecified atom stereocenters. The van der Waals surface area contributed by atoms with E-state index >= 15 is 0 Å². The molecule has 0 aromatic heterocycles. The number of carbonyl (C=O) groups is 5. The first-order valence-electron chi connectivity index (χ1n) is 12.3. The van der Waals surface area contributed by atoms with E-state index in [4.69, 9.17) is 17.2 Å². The standard InChI is InChI=1S/C23H44N6O6/c1-5-13(3)18(26)21(32)27-15(10-11-17(25)30)20(31)29-19(14(4)6-2)22(33)28-16(23(34)35)9-7-8-12-24/h13-16,18-19H,5-12,24,26H2,1-4H3,(H2,25,30)(H,27,32)(H,28,33)(H,29,31)(H,34,35). The minimum absolute atomic E-state index is 0.0776. The molecule has 0 aliphatic carbocycles. The van der Waals surface area contributed by atoms with Gasteiger partial charge in [0.1, 0.15) is 18.1 Å². The average Bonchev–Trinajstić information content (AvgIpc) is 2.82. The van der Waals surface area contributed by atoms with Gasteiger partial charge in [0.2, 0.25) is 23.6 Å². The summed E-state index contributed by atoms with van der Waals surface area (Å²) in [7, 11) is 0. The van der Waals surface area contributed by atoms with Crippen LogP contribution in [0.15, 0.2) is 0 Å². The Morgan fingerprint density at radius 1 is 0.800 bits per heavy atom. The van der Waals surface area contributed by atoms with Crippen LogP contribution >= 0.6 is 0 Å². The molecule has 0 saturated carbocycles. The fourth-order valence-electron chi connectivity index (χ4n) is 3.30. The molecule has 0 spiro atoms. The zero-order valence-corrected chi connectivity index (χ0v) is 21.3.